The Morgan fingerprint density at radius 3 is 1.57 bits per heavy atom. The Labute approximate surface area is 415 Å². The summed E-state index contributed by atoms with van der Waals surface area (Å²) in [6.45, 7) is 5.63. The molecule has 396 valence electrons. The number of aliphatic hydroxyl groups excluding tert-OH is 5. The molecular formula is C57H103NO10. The second-order valence-corrected chi connectivity index (χ2v) is 19.4. The predicted octanol–water partition coefficient (Wildman–Crippen LogP) is 12.1. The van der Waals surface area contributed by atoms with Gasteiger partial charge in [-0.3, -0.25) is 9.59 Å². The van der Waals surface area contributed by atoms with Crippen LogP contribution in [0.25, 0.3) is 0 Å². The molecule has 68 heavy (non-hydrogen) atoms. The number of aliphatic hydroxyl groups is 5. The first-order chi connectivity index (χ1) is 33.2. The highest BCUT2D eigenvalue weighted by Crippen LogP contribution is 2.26. The summed E-state index contributed by atoms with van der Waals surface area (Å²) in [5, 5.41) is 56.7. The van der Waals surface area contributed by atoms with E-state index in [0.29, 0.717) is 19.3 Å². The Morgan fingerprint density at radius 1 is 0.588 bits per heavy atom. The molecule has 1 saturated heterocycles. The number of carbonyl (C=O) groups excluding carboxylic acids is 2. The molecule has 1 amide bonds. The first kappa shape index (κ1) is 63.6. The van der Waals surface area contributed by atoms with E-state index in [2.05, 4.69) is 56.5 Å². The summed E-state index contributed by atoms with van der Waals surface area (Å²) in [6, 6.07) is -1.02. The summed E-state index contributed by atoms with van der Waals surface area (Å²) in [5.74, 6) is -1.20. The summed E-state index contributed by atoms with van der Waals surface area (Å²) in [4.78, 5) is 26.4. The molecule has 0 aromatic rings. The van der Waals surface area contributed by atoms with E-state index < -0.39 is 67.4 Å². The van der Waals surface area contributed by atoms with Gasteiger partial charge in [-0.1, -0.05) is 236 Å². The number of hydrogen-bond donors (Lipinski definition) is 6. The van der Waals surface area contributed by atoms with Crippen molar-refractivity contribution in [3.63, 3.8) is 0 Å². The highest BCUT2D eigenvalue weighted by atomic mass is 16.7. The number of carbonyl (C=O) groups is 2. The van der Waals surface area contributed by atoms with Gasteiger partial charge in [-0.05, 0) is 44.9 Å². The normalized spacial score (nSPS) is 20.3. The Balaban J connectivity index is 2.75. The zero-order valence-corrected chi connectivity index (χ0v) is 43.5. The van der Waals surface area contributed by atoms with E-state index in [-0.39, 0.29) is 13.0 Å². The molecule has 1 fully saturated rings. The van der Waals surface area contributed by atoms with Crippen LogP contribution in [0.1, 0.15) is 239 Å². The Bertz CT molecular complexity index is 1290. The Kier molecular flexibility index (Phi) is 42.8. The second kappa shape index (κ2) is 45.7. The molecule has 8 atom stereocenters. The molecule has 0 saturated carbocycles. The third-order valence-corrected chi connectivity index (χ3v) is 13.1. The van der Waals surface area contributed by atoms with Gasteiger partial charge >= 0.3 is 5.97 Å². The van der Waals surface area contributed by atoms with Crippen molar-refractivity contribution in [2.24, 2.45) is 0 Å². The summed E-state index contributed by atoms with van der Waals surface area (Å²) < 4.78 is 17.5. The van der Waals surface area contributed by atoms with Crippen LogP contribution in [0.5, 0.6) is 0 Å². The average molecular weight is 962 g/mol. The van der Waals surface area contributed by atoms with Crippen molar-refractivity contribution in [2.75, 3.05) is 13.2 Å². The van der Waals surface area contributed by atoms with Gasteiger partial charge in [0, 0.05) is 6.42 Å². The van der Waals surface area contributed by atoms with Crippen molar-refractivity contribution in [3.8, 4) is 0 Å². The van der Waals surface area contributed by atoms with Crippen LogP contribution in [0.3, 0.4) is 0 Å². The van der Waals surface area contributed by atoms with Crippen LogP contribution in [0.4, 0.5) is 0 Å². The molecule has 0 aromatic carbocycles. The molecule has 0 spiro atoms. The van der Waals surface area contributed by atoms with Gasteiger partial charge in [0.2, 0.25) is 5.91 Å². The first-order valence-electron chi connectivity index (χ1n) is 27.9. The van der Waals surface area contributed by atoms with E-state index in [1.54, 1.807) is 6.08 Å². The van der Waals surface area contributed by atoms with Crippen LogP contribution in [0.2, 0.25) is 0 Å². The van der Waals surface area contributed by atoms with Gasteiger partial charge in [0.25, 0.3) is 0 Å². The molecule has 11 nitrogen and oxygen atoms in total. The SMILES string of the molecule is CC/C=C/C=C/C=C/CCCCCCCCCC(=O)OC1C(OCC(NC(=O)C(O)CCCCCCCCCCCCCC)C(O)/C=C/CCCCCCCCCCCC)OC(CO)C(O)C1O. The lowest BCUT2D eigenvalue weighted by Crippen LogP contribution is -2.61. The summed E-state index contributed by atoms with van der Waals surface area (Å²) in [7, 11) is 0. The van der Waals surface area contributed by atoms with Crippen molar-refractivity contribution in [1.29, 1.82) is 0 Å². The fraction of sp³-hybridized carbons (Fsp3) is 0.825. The minimum atomic E-state index is -1.62. The van der Waals surface area contributed by atoms with Crippen molar-refractivity contribution in [3.05, 3.63) is 48.6 Å². The maximum atomic E-state index is 13.3. The van der Waals surface area contributed by atoms with Crippen LogP contribution in [0.15, 0.2) is 48.6 Å². The zero-order chi connectivity index (χ0) is 49.7. The molecule has 1 aliphatic heterocycles. The molecule has 8 unspecified atom stereocenters. The smallest absolute Gasteiger partial charge is 0.306 e. The standard InChI is InChI=1S/C57H103NO10/c1-4-7-10-13-16-19-22-25-26-27-30-33-36-39-42-45-52(62)68-55-54(64)53(63)51(46-59)67-57(55)66-47-48(49(60)43-40-37-34-31-28-23-20-17-14-11-8-5-2)58-56(65)50(61)44-41-38-35-32-29-24-21-18-15-12-9-6-3/h7,10,13,16,19,22,40,43,48-51,53-55,57,59-61,63-64H,4-6,8-9,11-12,14-15,17-18,20-21,23-39,41-42,44-47H2,1-3H3,(H,58,65)/b10-7+,16-13+,22-19+,43-40+. The van der Waals surface area contributed by atoms with E-state index in [0.717, 1.165) is 89.9 Å². The molecule has 0 radical (unpaired) electrons. The number of rotatable bonds is 46. The second-order valence-electron chi connectivity index (χ2n) is 19.4. The maximum Gasteiger partial charge on any atom is 0.306 e. The zero-order valence-electron chi connectivity index (χ0n) is 43.5. The van der Waals surface area contributed by atoms with Gasteiger partial charge in [0.15, 0.2) is 12.4 Å². The lowest BCUT2D eigenvalue weighted by atomic mass is 9.99. The van der Waals surface area contributed by atoms with Gasteiger partial charge in [-0.25, -0.2) is 0 Å². The van der Waals surface area contributed by atoms with Crippen molar-refractivity contribution < 1.29 is 49.3 Å². The van der Waals surface area contributed by atoms with Crippen LogP contribution < -0.4 is 5.32 Å². The van der Waals surface area contributed by atoms with Gasteiger partial charge < -0.3 is 45.1 Å². The monoisotopic (exact) mass is 962 g/mol. The summed E-state index contributed by atoms with van der Waals surface area (Å²) in [5.41, 5.74) is 0. The topological polar surface area (TPSA) is 175 Å². The molecule has 1 rings (SSSR count). The fourth-order valence-electron chi connectivity index (χ4n) is 8.59. The number of nitrogens with one attached hydrogen (secondary N) is 1. The third kappa shape index (κ3) is 34.0. The van der Waals surface area contributed by atoms with Gasteiger partial charge in [0.1, 0.15) is 24.4 Å². The molecular weight excluding hydrogens is 859 g/mol. The Morgan fingerprint density at radius 2 is 1.06 bits per heavy atom. The van der Waals surface area contributed by atoms with Gasteiger partial charge in [-0.15, -0.1) is 0 Å². The summed E-state index contributed by atoms with van der Waals surface area (Å²) in [6.07, 6.45) is 43.0. The van der Waals surface area contributed by atoms with E-state index >= 15 is 0 Å². The molecule has 6 N–H and O–H groups in total. The summed E-state index contributed by atoms with van der Waals surface area (Å²) >= 11 is 0. The van der Waals surface area contributed by atoms with E-state index in [1.165, 1.54) is 103 Å². The minimum absolute atomic E-state index is 0.111. The highest BCUT2D eigenvalue weighted by molar-refractivity contribution is 5.80. The molecule has 0 bridgehead atoms. The van der Waals surface area contributed by atoms with Crippen LogP contribution in [0, 0.1) is 0 Å². The third-order valence-electron chi connectivity index (χ3n) is 13.1. The van der Waals surface area contributed by atoms with Crippen molar-refractivity contribution in [1.82, 2.24) is 5.32 Å². The van der Waals surface area contributed by atoms with Crippen LogP contribution >= 0.6 is 0 Å². The Hall–Kier alpha value is -2.38. The van der Waals surface area contributed by atoms with Crippen LogP contribution in [-0.2, 0) is 23.8 Å². The van der Waals surface area contributed by atoms with E-state index in [4.69, 9.17) is 14.2 Å². The van der Waals surface area contributed by atoms with Crippen molar-refractivity contribution in [2.45, 2.75) is 288 Å². The number of esters is 1. The number of ether oxygens (including phenoxy) is 3. The average Bonchev–Trinajstić information content (AvgIpc) is 3.33. The molecule has 1 heterocycles. The van der Waals surface area contributed by atoms with E-state index in [1.807, 2.05) is 12.2 Å². The lowest BCUT2D eigenvalue weighted by molar-refractivity contribution is -0.305. The minimum Gasteiger partial charge on any atom is -0.454 e. The number of amides is 1. The first-order valence-corrected chi connectivity index (χ1v) is 27.9. The molecule has 0 aromatic heterocycles. The van der Waals surface area contributed by atoms with Crippen molar-refractivity contribution >= 4 is 11.9 Å². The number of unbranched alkanes of at least 4 members (excludes halogenated alkanes) is 28. The number of hydrogen-bond acceptors (Lipinski definition) is 10. The quantitative estimate of drug-likeness (QED) is 0.0149. The highest BCUT2D eigenvalue weighted by Gasteiger charge is 2.47. The van der Waals surface area contributed by atoms with E-state index in [9.17, 15) is 35.1 Å². The lowest BCUT2D eigenvalue weighted by Gasteiger charge is -2.41. The van der Waals surface area contributed by atoms with Gasteiger partial charge in [-0.2, -0.15) is 0 Å². The molecule has 1 aliphatic rings. The fourth-order valence-corrected chi connectivity index (χ4v) is 8.59. The predicted molar refractivity (Wildman–Crippen MR) is 278 cm³/mol. The maximum absolute atomic E-state index is 13.3. The molecule has 0 aliphatic carbocycles. The number of allylic oxidation sites excluding steroid dienone is 7. The molecule has 11 heteroatoms. The largest absolute Gasteiger partial charge is 0.454 e. The van der Waals surface area contributed by atoms with Crippen LogP contribution in [-0.4, -0.2) is 99.6 Å². The van der Waals surface area contributed by atoms with Gasteiger partial charge in [0.05, 0.1) is 25.4 Å².